The van der Waals surface area contributed by atoms with E-state index in [2.05, 4.69) is 10.3 Å². The van der Waals surface area contributed by atoms with Crippen LogP contribution in [0.15, 0.2) is 48.7 Å². The molecule has 27 heavy (non-hydrogen) atoms. The van der Waals surface area contributed by atoms with Gasteiger partial charge in [0.15, 0.2) is 0 Å². The van der Waals surface area contributed by atoms with E-state index < -0.39 is 0 Å². The standard InChI is InChI=1S/C21H21N3O2S/c1-22-19(25)18-17(16-8-5-11-23-20(16)27-18)14-9-12-24(13-10-14)21(26)15-6-3-2-4-7-15/h2-8,11,14H,9-10,12-13H2,1H3,(H,22,25). The van der Waals surface area contributed by atoms with Gasteiger partial charge in [0.2, 0.25) is 0 Å². The average Bonchev–Trinajstić information content (AvgIpc) is 3.13. The Labute approximate surface area is 162 Å². The van der Waals surface area contributed by atoms with Gasteiger partial charge in [0, 0.05) is 37.3 Å². The Balaban J connectivity index is 1.58. The molecular weight excluding hydrogens is 358 g/mol. The highest BCUT2D eigenvalue weighted by Crippen LogP contribution is 2.39. The van der Waals surface area contributed by atoms with Gasteiger partial charge >= 0.3 is 0 Å². The van der Waals surface area contributed by atoms with Crippen LogP contribution < -0.4 is 5.32 Å². The summed E-state index contributed by atoms with van der Waals surface area (Å²) in [5, 5.41) is 3.81. The van der Waals surface area contributed by atoms with Crippen molar-refractivity contribution in [3.05, 3.63) is 64.7 Å². The van der Waals surface area contributed by atoms with Crippen molar-refractivity contribution in [2.24, 2.45) is 0 Å². The Hall–Kier alpha value is -2.73. The topological polar surface area (TPSA) is 62.3 Å². The van der Waals surface area contributed by atoms with E-state index in [4.69, 9.17) is 0 Å². The summed E-state index contributed by atoms with van der Waals surface area (Å²) in [6.07, 6.45) is 3.46. The van der Waals surface area contributed by atoms with Crippen molar-refractivity contribution < 1.29 is 9.59 Å². The first kappa shape index (κ1) is 17.7. The summed E-state index contributed by atoms with van der Waals surface area (Å²) in [4.78, 5) is 33.1. The number of amides is 2. The molecule has 3 heterocycles. The second-order valence-electron chi connectivity index (χ2n) is 6.71. The number of likely N-dealkylation sites (tertiary alicyclic amines) is 1. The molecule has 1 aliphatic heterocycles. The summed E-state index contributed by atoms with van der Waals surface area (Å²) >= 11 is 1.45. The zero-order valence-electron chi connectivity index (χ0n) is 15.1. The van der Waals surface area contributed by atoms with Crippen LogP contribution in [0.5, 0.6) is 0 Å². The fourth-order valence-electron chi connectivity index (χ4n) is 3.77. The molecule has 3 aromatic rings. The number of hydrogen-bond donors (Lipinski definition) is 1. The van der Waals surface area contributed by atoms with Crippen LogP contribution in [-0.4, -0.2) is 41.8 Å². The van der Waals surface area contributed by atoms with Crippen molar-refractivity contribution in [3.8, 4) is 0 Å². The highest BCUT2D eigenvalue weighted by atomic mass is 32.1. The molecule has 1 aromatic carbocycles. The van der Waals surface area contributed by atoms with Crippen LogP contribution in [0.3, 0.4) is 0 Å². The Kier molecular flexibility index (Phi) is 4.90. The molecule has 1 N–H and O–H groups in total. The molecule has 138 valence electrons. The quantitative estimate of drug-likeness (QED) is 0.755. The molecule has 2 amide bonds. The number of hydrogen-bond acceptors (Lipinski definition) is 4. The third kappa shape index (κ3) is 3.32. The lowest BCUT2D eigenvalue weighted by Gasteiger charge is -2.32. The van der Waals surface area contributed by atoms with E-state index >= 15 is 0 Å². The summed E-state index contributed by atoms with van der Waals surface area (Å²) in [5.74, 6) is 0.281. The number of nitrogens with one attached hydrogen (secondary N) is 1. The first-order chi connectivity index (χ1) is 13.2. The predicted molar refractivity (Wildman–Crippen MR) is 107 cm³/mol. The Morgan fingerprint density at radius 1 is 1.11 bits per heavy atom. The van der Waals surface area contributed by atoms with E-state index in [0.717, 1.165) is 39.1 Å². The van der Waals surface area contributed by atoms with Gasteiger partial charge in [-0.15, -0.1) is 11.3 Å². The number of fused-ring (bicyclic) bond motifs is 1. The molecular formula is C21H21N3O2S. The largest absolute Gasteiger partial charge is 0.354 e. The van der Waals surface area contributed by atoms with Gasteiger partial charge in [0.25, 0.3) is 11.8 Å². The lowest BCUT2D eigenvalue weighted by molar-refractivity contribution is 0.0712. The molecule has 5 nitrogen and oxygen atoms in total. The van der Waals surface area contributed by atoms with Crippen LogP contribution in [-0.2, 0) is 0 Å². The highest BCUT2D eigenvalue weighted by molar-refractivity contribution is 7.20. The normalized spacial score (nSPS) is 15.1. The molecule has 2 aromatic heterocycles. The third-order valence-corrected chi connectivity index (χ3v) is 6.28. The number of piperidine rings is 1. The van der Waals surface area contributed by atoms with E-state index in [-0.39, 0.29) is 17.7 Å². The number of carbonyl (C=O) groups excluding carboxylic acids is 2. The highest BCUT2D eigenvalue weighted by Gasteiger charge is 2.30. The number of thiophene rings is 1. The third-order valence-electron chi connectivity index (χ3n) is 5.15. The minimum atomic E-state index is -0.0595. The van der Waals surface area contributed by atoms with E-state index in [9.17, 15) is 9.59 Å². The molecule has 0 unspecified atom stereocenters. The molecule has 0 atom stereocenters. The maximum Gasteiger partial charge on any atom is 0.261 e. The number of carbonyl (C=O) groups is 2. The lowest BCUT2D eigenvalue weighted by atomic mass is 9.87. The molecule has 0 spiro atoms. The second-order valence-corrected chi connectivity index (χ2v) is 7.71. The van der Waals surface area contributed by atoms with E-state index in [0.29, 0.717) is 13.1 Å². The Morgan fingerprint density at radius 2 is 1.85 bits per heavy atom. The Bertz CT molecular complexity index is 976. The maximum absolute atomic E-state index is 12.7. The summed E-state index contributed by atoms with van der Waals surface area (Å²) in [7, 11) is 1.66. The summed E-state index contributed by atoms with van der Waals surface area (Å²) in [5.41, 5.74) is 1.82. The fourth-order valence-corrected chi connectivity index (χ4v) is 4.95. The van der Waals surface area contributed by atoms with Crippen LogP contribution in [0, 0.1) is 0 Å². The van der Waals surface area contributed by atoms with Crippen molar-refractivity contribution >= 4 is 33.4 Å². The van der Waals surface area contributed by atoms with Gasteiger partial charge in [-0.3, -0.25) is 9.59 Å². The molecule has 1 fully saturated rings. The van der Waals surface area contributed by atoms with E-state index in [1.165, 1.54) is 11.3 Å². The first-order valence-electron chi connectivity index (χ1n) is 9.13. The first-order valence-corrected chi connectivity index (χ1v) is 9.94. The minimum absolute atomic E-state index is 0.0595. The summed E-state index contributed by atoms with van der Waals surface area (Å²) in [6.45, 7) is 1.40. The molecule has 6 heteroatoms. The van der Waals surface area contributed by atoms with Crippen LogP contribution in [0.25, 0.3) is 10.2 Å². The maximum atomic E-state index is 12.7. The van der Waals surface area contributed by atoms with Crippen molar-refractivity contribution in [2.75, 3.05) is 20.1 Å². The molecule has 4 rings (SSSR count). The van der Waals surface area contributed by atoms with E-state index in [1.807, 2.05) is 47.4 Å². The molecule has 1 aliphatic rings. The molecule has 0 saturated carbocycles. The molecule has 0 radical (unpaired) electrons. The fraction of sp³-hybridized carbons (Fsp3) is 0.286. The van der Waals surface area contributed by atoms with Crippen molar-refractivity contribution in [2.45, 2.75) is 18.8 Å². The Morgan fingerprint density at radius 3 is 2.56 bits per heavy atom. The second kappa shape index (κ2) is 7.48. The number of nitrogens with zero attached hydrogens (tertiary/aromatic N) is 2. The van der Waals surface area contributed by atoms with Crippen molar-refractivity contribution in [1.82, 2.24) is 15.2 Å². The lowest BCUT2D eigenvalue weighted by Crippen LogP contribution is -2.38. The van der Waals surface area contributed by atoms with Crippen molar-refractivity contribution in [1.29, 1.82) is 0 Å². The van der Waals surface area contributed by atoms with Gasteiger partial charge in [-0.25, -0.2) is 4.98 Å². The number of rotatable bonds is 3. The van der Waals surface area contributed by atoms with Gasteiger partial charge in [-0.2, -0.15) is 0 Å². The number of benzene rings is 1. The van der Waals surface area contributed by atoms with Crippen LogP contribution in [0.4, 0.5) is 0 Å². The van der Waals surface area contributed by atoms with E-state index in [1.54, 1.807) is 13.2 Å². The average molecular weight is 379 g/mol. The zero-order chi connectivity index (χ0) is 18.8. The molecule has 0 bridgehead atoms. The van der Waals surface area contributed by atoms with Crippen molar-refractivity contribution in [3.63, 3.8) is 0 Å². The van der Waals surface area contributed by atoms with Gasteiger partial charge in [0.1, 0.15) is 4.83 Å². The van der Waals surface area contributed by atoms with Gasteiger partial charge < -0.3 is 10.2 Å². The SMILES string of the molecule is CNC(=O)c1sc2ncccc2c1C1CCN(C(=O)c2ccccc2)CC1. The number of aromatic nitrogens is 1. The van der Waals surface area contributed by atoms with Crippen LogP contribution >= 0.6 is 11.3 Å². The smallest absolute Gasteiger partial charge is 0.261 e. The van der Waals surface area contributed by atoms with Crippen LogP contribution in [0.2, 0.25) is 0 Å². The monoisotopic (exact) mass is 379 g/mol. The minimum Gasteiger partial charge on any atom is -0.354 e. The van der Waals surface area contributed by atoms with Gasteiger partial charge in [0.05, 0.1) is 4.88 Å². The number of pyridine rings is 1. The predicted octanol–water partition coefficient (Wildman–Crippen LogP) is 3.68. The molecule has 1 saturated heterocycles. The summed E-state index contributed by atoms with van der Waals surface area (Å²) in [6, 6.07) is 13.4. The van der Waals surface area contributed by atoms with Gasteiger partial charge in [-0.05, 0) is 42.5 Å². The zero-order valence-corrected chi connectivity index (χ0v) is 16.0. The molecule has 0 aliphatic carbocycles. The van der Waals surface area contributed by atoms with Gasteiger partial charge in [-0.1, -0.05) is 24.3 Å². The summed E-state index contributed by atoms with van der Waals surface area (Å²) < 4.78 is 0. The van der Waals surface area contributed by atoms with Crippen LogP contribution in [0.1, 0.15) is 44.4 Å².